The zero-order valence-corrected chi connectivity index (χ0v) is 10.1. The highest BCUT2D eigenvalue weighted by Crippen LogP contribution is 2.25. The van der Waals surface area contributed by atoms with Crippen molar-refractivity contribution in [2.24, 2.45) is 0 Å². The molecule has 86 valence electrons. The van der Waals surface area contributed by atoms with Crippen LogP contribution in [-0.4, -0.2) is 11.9 Å². The lowest BCUT2D eigenvalue weighted by Gasteiger charge is -2.27. The van der Waals surface area contributed by atoms with E-state index < -0.39 is 0 Å². The Bertz CT molecular complexity index is 369. The number of anilines is 1. The van der Waals surface area contributed by atoms with Crippen molar-refractivity contribution in [1.29, 1.82) is 0 Å². The maximum atomic E-state index is 12.0. The molecular formula is C14H19NO. The Morgan fingerprint density at radius 3 is 2.56 bits per heavy atom. The van der Waals surface area contributed by atoms with Gasteiger partial charge in [-0.05, 0) is 38.8 Å². The fourth-order valence-electron chi connectivity index (χ4n) is 2.32. The third kappa shape index (κ3) is 2.26. The van der Waals surface area contributed by atoms with E-state index in [4.69, 9.17) is 0 Å². The molecule has 0 radical (unpaired) electrons. The normalized spacial score (nSPS) is 22.0. The lowest BCUT2D eigenvalue weighted by Crippen LogP contribution is -2.37. The molecule has 1 aromatic rings. The van der Waals surface area contributed by atoms with Crippen molar-refractivity contribution in [2.75, 3.05) is 4.90 Å². The number of hydrogen-bond donors (Lipinski definition) is 0. The zero-order valence-electron chi connectivity index (χ0n) is 10.1. The van der Waals surface area contributed by atoms with Crippen LogP contribution < -0.4 is 4.90 Å². The van der Waals surface area contributed by atoms with Gasteiger partial charge in [0.25, 0.3) is 0 Å². The van der Waals surface area contributed by atoms with Crippen LogP contribution in [0.4, 0.5) is 5.69 Å². The summed E-state index contributed by atoms with van der Waals surface area (Å²) >= 11 is 0. The van der Waals surface area contributed by atoms with Gasteiger partial charge in [0, 0.05) is 18.2 Å². The van der Waals surface area contributed by atoms with Crippen LogP contribution >= 0.6 is 0 Å². The Hall–Kier alpha value is -1.31. The standard InChI is InChI=1S/C14H19NO/c1-11-7-9-13(10-8-11)15-12(2)5-3-4-6-14(15)16/h7-10,12H,3-6H2,1-2H3. The molecule has 0 N–H and O–H groups in total. The molecule has 0 bridgehead atoms. The van der Waals surface area contributed by atoms with Gasteiger partial charge < -0.3 is 4.90 Å². The van der Waals surface area contributed by atoms with E-state index >= 15 is 0 Å². The lowest BCUT2D eigenvalue weighted by atomic mass is 10.1. The van der Waals surface area contributed by atoms with E-state index in [1.165, 1.54) is 5.56 Å². The number of benzene rings is 1. The van der Waals surface area contributed by atoms with E-state index in [2.05, 4.69) is 38.1 Å². The van der Waals surface area contributed by atoms with Gasteiger partial charge in [0.05, 0.1) is 0 Å². The zero-order chi connectivity index (χ0) is 11.5. The number of hydrogen-bond acceptors (Lipinski definition) is 1. The van der Waals surface area contributed by atoms with E-state index in [1.807, 2.05) is 4.90 Å². The fourth-order valence-corrected chi connectivity index (χ4v) is 2.32. The monoisotopic (exact) mass is 217 g/mol. The van der Waals surface area contributed by atoms with Crippen LogP contribution in [0.2, 0.25) is 0 Å². The molecule has 16 heavy (non-hydrogen) atoms. The van der Waals surface area contributed by atoms with Crippen LogP contribution in [0.1, 0.15) is 38.2 Å². The molecule has 2 heteroatoms. The van der Waals surface area contributed by atoms with Crippen LogP contribution in [0.5, 0.6) is 0 Å². The van der Waals surface area contributed by atoms with Gasteiger partial charge >= 0.3 is 0 Å². The van der Waals surface area contributed by atoms with Gasteiger partial charge in [-0.2, -0.15) is 0 Å². The van der Waals surface area contributed by atoms with Crippen LogP contribution in [0.3, 0.4) is 0 Å². The summed E-state index contributed by atoms with van der Waals surface area (Å²) in [7, 11) is 0. The number of rotatable bonds is 1. The Morgan fingerprint density at radius 2 is 1.88 bits per heavy atom. The Kier molecular flexibility index (Phi) is 3.28. The second kappa shape index (κ2) is 4.69. The number of carbonyl (C=O) groups is 1. The van der Waals surface area contributed by atoms with E-state index in [0.717, 1.165) is 24.9 Å². The van der Waals surface area contributed by atoms with E-state index in [9.17, 15) is 4.79 Å². The van der Waals surface area contributed by atoms with Crippen LogP contribution in [0, 0.1) is 6.92 Å². The first-order valence-corrected chi connectivity index (χ1v) is 6.07. The third-order valence-corrected chi connectivity index (χ3v) is 3.28. The molecule has 1 atom stereocenters. The smallest absolute Gasteiger partial charge is 0.227 e. The number of amides is 1. The second-order valence-electron chi connectivity index (χ2n) is 4.69. The lowest BCUT2D eigenvalue weighted by molar-refractivity contribution is -0.118. The van der Waals surface area contributed by atoms with Crippen LogP contribution in [0.15, 0.2) is 24.3 Å². The van der Waals surface area contributed by atoms with Gasteiger partial charge in [0.2, 0.25) is 5.91 Å². The average Bonchev–Trinajstić information content (AvgIpc) is 2.42. The third-order valence-electron chi connectivity index (χ3n) is 3.28. The highest BCUT2D eigenvalue weighted by molar-refractivity contribution is 5.94. The highest BCUT2D eigenvalue weighted by Gasteiger charge is 2.23. The summed E-state index contributed by atoms with van der Waals surface area (Å²) in [6.07, 6.45) is 4.00. The van der Waals surface area contributed by atoms with E-state index in [0.29, 0.717) is 12.5 Å². The Morgan fingerprint density at radius 1 is 1.19 bits per heavy atom. The molecule has 1 aliphatic rings. The minimum Gasteiger partial charge on any atom is -0.310 e. The second-order valence-corrected chi connectivity index (χ2v) is 4.69. The highest BCUT2D eigenvalue weighted by atomic mass is 16.2. The fraction of sp³-hybridized carbons (Fsp3) is 0.500. The molecular weight excluding hydrogens is 198 g/mol. The molecule has 2 nitrogen and oxygen atoms in total. The maximum absolute atomic E-state index is 12.0. The summed E-state index contributed by atoms with van der Waals surface area (Å²) in [6, 6.07) is 8.57. The van der Waals surface area contributed by atoms with Crippen molar-refractivity contribution < 1.29 is 4.79 Å². The summed E-state index contributed by atoms with van der Waals surface area (Å²) < 4.78 is 0. The molecule has 1 fully saturated rings. The first kappa shape index (κ1) is 11.2. The summed E-state index contributed by atoms with van der Waals surface area (Å²) in [6.45, 7) is 4.21. The van der Waals surface area contributed by atoms with Gasteiger partial charge in [0.1, 0.15) is 0 Å². The SMILES string of the molecule is Cc1ccc(N2C(=O)CCCCC2C)cc1. The molecule has 1 amide bonds. The minimum absolute atomic E-state index is 0.272. The summed E-state index contributed by atoms with van der Waals surface area (Å²) in [4.78, 5) is 14.0. The van der Waals surface area contributed by atoms with Crippen molar-refractivity contribution in [1.82, 2.24) is 0 Å². The minimum atomic E-state index is 0.272. The topological polar surface area (TPSA) is 20.3 Å². The van der Waals surface area contributed by atoms with Crippen LogP contribution in [0.25, 0.3) is 0 Å². The molecule has 0 aliphatic carbocycles. The quantitative estimate of drug-likeness (QED) is 0.707. The molecule has 1 unspecified atom stereocenters. The first-order valence-electron chi connectivity index (χ1n) is 6.07. The molecule has 1 aromatic carbocycles. The van der Waals surface area contributed by atoms with Crippen molar-refractivity contribution in [2.45, 2.75) is 45.6 Å². The average molecular weight is 217 g/mol. The molecule has 1 aliphatic heterocycles. The van der Waals surface area contributed by atoms with Crippen LogP contribution in [-0.2, 0) is 4.79 Å². The van der Waals surface area contributed by atoms with E-state index in [-0.39, 0.29) is 5.91 Å². The number of aryl methyl sites for hydroxylation is 1. The summed E-state index contributed by atoms with van der Waals surface area (Å²) in [5, 5.41) is 0. The van der Waals surface area contributed by atoms with Gasteiger partial charge in [-0.1, -0.05) is 24.1 Å². The number of nitrogens with zero attached hydrogens (tertiary/aromatic N) is 1. The maximum Gasteiger partial charge on any atom is 0.227 e. The summed E-state index contributed by atoms with van der Waals surface area (Å²) in [5.41, 5.74) is 2.28. The molecule has 0 spiro atoms. The largest absolute Gasteiger partial charge is 0.310 e. The first-order chi connectivity index (χ1) is 7.68. The van der Waals surface area contributed by atoms with Gasteiger partial charge in [0.15, 0.2) is 0 Å². The predicted octanol–water partition coefficient (Wildman–Crippen LogP) is 3.29. The summed E-state index contributed by atoms with van der Waals surface area (Å²) in [5.74, 6) is 0.272. The Labute approximate surface area is 97.3 Å². The van der Waals surface area contributed by atoms with Crippen molar-refractivity contribution in [3.8, 4) is 0 Å². The molecule has 0 saturated carbocycles. The Balaban J connectivity index is 2.28. The van der Waals surface area contributed by atoms with Crippen molar-refractivity contribution >= 4 is 11.6 Å². The molecule has 2 rings (SSSR count). The van der Waals surface area contributed by atoms with E-state index in [1.54, 1.807) is 0 Å². The molecule has 1 saturated heterocycles. The predicted molar refractivity (Wildman–Crippen MR) is 66.6 cm³/mol. The van der Waals surface area contributed by atoms with Crippen molar-refractivity contribution in [3.05, 3.63) is 29.8 Å². The van der Waals surface area contributed by atoms with Crippen molar-refractivity contribution in [3.63, 3.8) is 0 Å². The number of carbonyl (C=O) groups excluding carboxylic acids is 1. The van der Waals surface area contributed by atoms with Gasteiger partial charge in [-0.25, -0.2) is 0 Å². The van der Waals surface area contributed by atoms with Gasteiger partial charge in [-0.15, -0.1) is 0 Å². The van der Waals surface area contributed by atoms with Gasteiger partial charge in [-0.3, -0.25) is 4.79 Å². The molecule has 0 aromatic heterocycles. The molecule has 1 heterocycles.